The molecule has 0 fully saturated rings. The van der Waals surface area contributed by atoms with Gasteiger partial charge >= 0.3 is 0 Å². The molecule has 4 N–H and O–H groups in total. The lowest BCUT2D eigenvalue weighted by Gasteiger charge is -2.23. The van der Waals surface area contributed by atoms with Crippen LogP contribution in [0, 0.1) is 5.92 Å². The number of hydrogen-bond donors (Lipinski definition) is 3. The van der Waals surface area contributed by atoms with Crippen molar-refractivity contribution in [2.75, 3.05) is 18.1 Å². The van der Waals surface area contributed by atoms with Crippen LogP contribution in [-0.4, -0.2) is 21.5 Å². The Morgan fingerprint density at radius 1 is 1.32 bits per heavy atom. The van der Waals surface area contributed by atoms with Crippen molar-refractivity contribution in [3.8, 4) is 0 Å². The first kappa shape index (κ1) is 15.8. The molecule has 0 amide bonds. The minimum atomic E-state index is -3.52. The topological polar surface area (TPSA) is 84.2 Å². The molecule has 19 heavy (non-hydrogen) atoms. The van der Waals surface area contributed by atoms with Crippen LogP contribution in [-0.2, 0) is 10.0 Å². The standard InChI is InChI=1S/C13H23N3O2S/c1-5-11(9(2)3)16-12-7-6-10(14)8-13(12)19(17,18)15-4/h6-9,11,15-16H,5,14H2,1-4H3. The molecule has 0 radical (unpaired) electrons. The van der Waals surface area contributed by atoms with Crippen LogP contribution in [0.15, 0.2) is 23.1 Å². The summed E-state index contributed by atoms with van der Waals surface area (Å²) in [6, 6.07) is 5.10. The molecule has 1 aromatic carbocycles. The summed E-state index contributed by atoms with van der Waals surface area (Å²) in [5.74, 6) is 0.410. The largest absolute Gasteiger partial charge is 0.399 e. The Bertz CT molecular complexity index is 527. The van der Waals surface area contributed by atoms with Crippen molar-refractivity contribution in [3.63, 3.8) is 0 Å². The van der Waals surface area contributed by atoms with E-state index in [1.54, 1.807) is 12.1 Å². The summed E-state index contributed by atoms with van der Waals surface area (Å²) in [4.78, 5) is 0.189. The zero-order chi connectivity index (χ0) is 14.6. The first-order valence-corrected chi connectivity index (χ1v) is 7.89. The van der Waals surface area contributed by atoms with Gasteiger partial charge in [0.15, 0.2) is 0 Å². The molecule has 0 aliphatic rings. The van der Waals surface area contributed by atoms with Gasteiger partial charge in [0.05, 0.1) is 5.69 Å². The van der Waals surface area contributed by atoms with E-state index in [4.69, 9.17) is 5.73 Å². The minimum Gasteiger partial charge on any atom is -0.399 e. The SMILES string of the molecule is CCC(Nc1ccc(N)cc1S(=O)(=O)NC)C(C)C. The van der Waals surface area contributed by atoms with Crippen LogP contribution in [0.1, 0.15) is 27.2 Å². The average molecular weight is 285 g/mol. The summed E-state index contributed by atoms with van der Waals surface area (Å²) in [5.41, 5.74) is 6.70. The van der Waals surface area contributed by atoms with Gasteiger partial charge in [0.2, 0.25) is 10.0 Å². The summed E-state index contributed by atoms with van der Waals surface area (Å²) in [6.07, 6.45) is 0.918. The van der Waals surface area contributed by atoms with Gasteiger partial charge in [0.1, 0.15) is 4.90 Å². The molecule has 1 aromatic rings. The van der Waals surface area contributed by atoms with Crippen molar-refractivity contribution in [1.82, 2.24) is 4.72 Å². The van der Waals surface area contributed by atoms with E-state index in [1.165, 1.54) is 13.1 Å². The fourth-order valence-corrected chi connectivity index (χ4v) is 2.86. The van der Waals surface area contributed by atoms with Crippen molar-refractivity contribution in [3.05, 3.63) is 18.2 Å². The van der Waals surface area contributed by atoms with E-state index in [2.05, 4.69) is 30.8 Å². The summed E-state index contributed by atoms with van der Waals surface area (Å²) in [7, 11) is -2.13. The highest BCUT2D eigenvalue weighted by Gasteiger charge is 2.20. The second kappa shape index (κ2) is 6.25. The number of sulfonamides is 1. The first-order valence-electron chi connectivity index (χ1n) is 6.41. The van der Waals surface area contributed by atoms with E-state index >= 15 is 0 Å². The van der Waals surface area contributed by atoms with E-state index < -0.39 is 10.0 Å². The number of nitrogens with one attached hydrogen (secondary N) is 2. The summed E-state index contributed by atoms with van der Waals surface area (Å²) in [6.45, 7) is 6.27. The third-order valence-electron chi connectivity index (χ3n) is 3.15. The van der Waals surface area contributed by atoms with Gasteiger partial charge < -0.3 is 11.1 Å². The molecule has 0 saturated heterocycles. The average Bonchev–Trinajstić information content (AvgIpc) is 2.36. The predicted octanol–water partition coefficient (Wildman–Crippen LogP) is 2.02. The lowest BCUT2D eigenvalue weighted by atomic mass is 10.0. The van der Waals surface area contributed by atoms with E-state index in [9.17, 15) is 8.42 Å². The van der Waals surface area contributed by atoms with Crippen LogP contribution in [0.25, 0.3) is 0 Å². The van der Waals surface area contributed by atoms with Gasteiger partial charge in [-0.1, -0.05) is 20.8 Å². The smallest absolute Gasteiger partial charge is 0.242 e. The van der Waals surface area contributed by atoms with Gasteiger partial charge in [0, 0.05) is 11.7 Å². The Kier molecular flexibility index (Phi) is 5.20. The Morgan fingerprint density at radius 2 is 1.95 bits per heavy atom. The van der Waals surface area contributed by atoms with Crippen molar-refractivity contribution >= 4 is 21.4 Å². The van der Waals surface area contributed by atoms with Gasteiger partial charge in [-0.15, -0.1) is 0 Å². The quantitative estimate of drug-likeness (QED) is 0.698. The van der Waals surface area contributed by atoms with Gasteiger partial charge in [-0.2, -0.15) is 0 Å². The number of nitrogen functional groups attached to an aromatic ring is 1. The van der Waals surface area contributed by atoms with E-state index in [0.29, 0.717) is 17.3 Å². The number of nitrogens with two attached hydrogens (primary N) is 1. The Morgan fingerprint density at radius 3 is 2.42 bits per heavy atom. The first-order chi connectivity index (χ1) is 8.81. The second-order valence-electron chi connectivity index (χ2n) is 4.87. The predicted molar refractivity (Wildman–Crippen MR) is 79.6 cm³/mol. The maximum Gasteiger partial charge on any atom is 0.242 e. The Hall–Kier alpha value is -1.27. The van der Waals surface area contributed by atoms with Crippen LogP contribution in [0.4, 0.5) is 11.4 Å². The minimum absolute atomic E-state index is 0.189. The summed E-state index contributed by atoms with van der Waals surface area (Å²) in [5, 5.41) is 3.29. The molecule has 0 aliphatic heterocycles. The molecule has 0 bridgehead atoms. The molecule has 1 unspecified atom stereocenters. The number of rotatable bonds is 6. The van der Waals surface area contributed by atoms with Crippen molar-refractivity contribution in [2.45, 2.75) is 38.1 Å². The third kappa shape index (κ3) is 3.84. The molecule has 0 aromatic heterocycles. The van der Waals surface area contributed by atoms with Gasteiger partial charge in [-0.3, -0.25) is 0 Å². The number of benzene rings is 1. The van der Waals surface area contributed by atoms with Gasteiger partial charge in [-0.05, 0) is 37.6 Å². The highest BCUT2D eigenvalue weighted by atomic mass is 32.2. The van der Waals surface area contributed by atoms with Gasteiger partial charge in [0.25, 0.3) is 0 Å². The van der Waals surface area contributed by atoms with Crippen molar-refractivity contribution in [1.29, 1.82) is 0 Å². The van der Waals surface area contributed by atoms with Crippen LogP contribution in [0.3, 0.4) is 0 Å². The lowest BCUT2D eigenvalue weighted by Crippen LogP contribution is -2.27. The van der Waals surface area contributed by atoms with Crippen LogP contribution in [0.5, 0.6) is 0 Å². The molecule has 0 aliphatic carbocycles. The molecular weight excluding hydrogens is 262 g/mol. The highest BCUT2D eigenvalue weighted by Crippen LogP contribution is 2.26. The third-order valence-corrected chi connectivity index (χ3v) is 4.60. The summed E-state index contributed by atoms with van der Waals surface area (Å²) >= 11 is 0. The zero-order valence-electron chi connectivity index (χ0n) is 11.9. The molecule has 0 heterocycles. The fourth-order valence-electron chi connectivity index (χ4n) is 1.93. The van der Waals surface area contributed by atoms with Crippen LogP contribution >= 0.6 is 0 Å². The molecule has 0 saturated carbocycles. The maximum atomic E-state index is 12.0. The second-order valence-corrected chi connectivity index (χ2v) is 6.72. The fraction of sp³-hybridized carbons (Fsp3) is 0.538. The summed E-state index contributed by atoms with van der Waals surface area (Å²) < 4.78 is 26.3. The number of hydrogen-bond acceptors (Lipinski definition) is 4. The van der Waals surface area contributed by atoms with Crippen LogP contribution in [0.2, 0.25) is 0 Å². The molecule has 108 valence electrons. The monoisotopic (exact) mass is 285 g/mol. The Labute approximate surface area is 115 Å². The van der Waals surface area contributed by atoms with Crippen molar-refractivity contribution in [2.24, 2.45) is 5.92 Å². The van der Waals surface area contributed by atoms with E-state index in [1.807, 2.05) is 0 Å². The van der Waals surface area contributed by atoms with Crippen LogP contribution < -0.4 is 15.8 Å². The molecule has 1 atom stereocenters. The molecule has 6 heteroatoms. The molecule has 5 nitrogen and oxygen atoms in total. The lowest BCUT2D eigenvalue weighted by molar-refractivity contribution is 0.510. The zero-order valence-corrected chi connectivity index (χ0v) is 12.7. The Balaban J connectivity index is 3.21. The van der Waals surface area contributed by atoms with E-state index in [0.717, 1.165) is 6.42 Å². The highest BCUT2D eigenvalue weighted by molar-refractivity contribution is 7.89. The molecule has 0 spiro atoms. The maximum absolute atomic E-state index is 12.0. The normalized spacial score (nSPS) is 13.5. The molecule has 1 rings (SSSR count). The molecular formula is C13H23N3O2S. The van der Waals surface area contributed by atoms with Crippen molar-refractivity contribution < 1.29 is 8.42 Å². The number of anilines is 2. The van der Waals surface area contributed by atoms with Gasteiger partial charge in [-0.25, -0.2) is 13.1 Å². The van der Waals surface area contributed by atoms with E-state index in [-0.39, 0.29) is 10.9 Å².